The van der Waals surface area contributed by atoms with Gasteiger partial charge in [0.05, 0.1) is 22.6 Å². The highest BCUT2D eigenvalue weighted by Gasteiger charge is 2.20. The first-order chi connectivity index (χ1) is 11.9. The van der Waals surface area contributed by atoms with Crippen LogP contribution < -0.4 is 5.73 Å². The fourth-order valence-corrected chi connectivity index (χ4v) is 2.95. The summed E-state index contributed by atoms with van der Waals surface area (Å²) in [5.41, 5.74) is 10.0. The number of aromatic nitrogens is 3. The largest absolute Gasteiger partial charge is 0.478 e. The fraction of sp³-hybridized carbons (Fsp3) is 0.167. The van der Waals surface area contributed by atoms with Gasteiger partial charge in [0.15, 0.2) is 0 Å². The van der Waals surface area contributed by atoms with Crippen molar-refractivity contribution in [1.29, 1.82) is 0 Å². The molecule has 0 fully saturated rings. The van der Waals surface area contributed by atoms with E-state index < -0.39 is 5.97 Å². The molecule has 0 radical (unpaired) electrons. The van der Waals surface area contributed by atoms with Gasteiger partial charge in [-0.2, -0.15) is 0 Å². The van der Waals surface area contributed by atoms with E-state index in [-0.39, 0.29) is 11.5 Å². The molecule has 0 aliphatic carbocycles. The Morgan fingerprint density at radius 2 is 2.12 bits per heavy atom. The molecule has 4 N–H and O–H groups in total. The van der Waals surface area contributed by atoms with Crippen molar-refractivity contribution in [2.24, 2.45) is 0 Å². The molecule has 0 saturated heterocycles. The Morgan fingerprint density at radius 1 is 1.36 bits per heavy atom. The third-order valence-electron chi connectivity index (χ3n) is 4.02. The second kappa shape index (κ2) is 6.57. The number of aryl methyl sites for hydroxylation is 2. The zero-order chi connectivity index (χ0) is 18.1. The Labute approximate surface area is 149 Å². The fourth-order valence-electron chi connectivity index (χ4n) is 2.78. The number of H-pyrrole nitrogens is 1. The van der Waals surface area contributed by atoms with Crippen molar-refractivity contribution in [2.75, 3.05) is 5.73 Å². The van der Waals surface area contributed by atoms with E-state index in [1.807, 2.05) is 19.9 Å². The van der Waals surface area contributed by atoms with Gasteiger partial charge in [-0.1, -0.05) is 24.6 Å². The molecule has 2 aromatic heterocycles. The molecule has 0 amide bonds. The number of carbonyl (C=O) groups is 1. The number of benzene rings is 1. The van der Waals surface area contributed by atoms with Crippen LogP contribution in [0.1, 0.15) is 28.4 Å². The van der Waals surface area contributed by atoms with Gasteiger partial charge in [0.2, 0.25) is 5.95 Å². The first kappa shape index (κ1) is 17.0. The minimum absolute atomic E-state index is 0.130. The van der Waals surface area contributed by atoms with Gasteiger partial charge in [0, 0.05) is 16.8 Å². The minimum atomic E-state index is -1.03. The van der Waals surface area contributed by atoms with Crippen LogP contribution in [0.3, 0.4) is 0 Å². The molecular weight excluding hydrogens is 340 g/mol. The highest BCUT2D eigenvalue weighted by molar-refractivity contribution is 6.31. The lowest BCUT2D eigenvalue weighted by atomic mass is 10.00. The number of anilines is 1. The van der Waals surface area contributed by atoms with Gasteiger partial charge in [0.25, 0.3) is 0 Å². The van der Waals surface area contributed by atoms with Crippen molar-refractivity contribution in [3.8, 4) is 22.6 Å². The Bertz CT molecular complexity index is 966. The first-order valence-corrected chi connectivity index (χ1v) is 8.13. The average Bonchev–Trinajstić information content (AvgIpc) is 3.02. The lowest BCUT2D eigenvalue weighted by molar-refractivity contribution is 0.0698. The molecule has 2 heterocycles. The molecule has 25 heavy (non-hydrogen) atoms. The molecule has 7 heteroatoms. The van der Waals surface area contributed by atoms with Gasteiger partial charge in [0.1, 0.15) is 0 Å². The van der Waals surface area contributed by atoms with E-state index in [2.05, 4.69) is 15.0 Å². The number of nitrogen functional groups attached to an aromatic ring is 1. The average molecular weight is 357 g/mol. The molecule has 0 unspecified atom stereocenters. The third-order valence-corrected chi connectivity index (χ3v) is 4.25. The number of hydrogen-bond acceptors (Lipinski definition) is 4. The topological polar surface area (TPSA) is 105 Å². The van der Waals surface area contributed by atoms with Crippen molar-refractivity contribution in [3.05, 3.63) is 52.2 Å². The van der Waals surface area contributed by atoms with Crippen molar-refractivity contribution in [3.63, 3.8) is 0 Å². The molecule has 0 aliphatic rings. The maximum atomic E-state index is 11.8. The Morgan fingerprint density at radius 3 is 2.80 bits per heavy atom. The van der Waals surface area contributed by atoms with Gasteiger partial charge < -0.3 is 15.8 Å². The van der Waals surface area contributed by atoms with Crippen molar-refractivity contribution < 1.29 is 9.90 Å². The molecule has 0 aliphatic heterocycles. The van der Waals surface area contributed by atoms with Gasteiger partial charge in [-0.15, -0.1) is 0 Å². The molecule has 128 valence electrons. The smallest absolute Gasteiger partial charge is 0.337 e. The van der Waals surface area contributed by atoms with Crippen LogP contribution in [0.5, 0.6) is 0 Å². The highest BCUT2D eigenvalue weighted by Crippen LogP contribution is 2.33. The van der Waals surface area contributed by atoms with E-state index >= 15 is 0 Å². The summed E-state index contributed by atoms with van der Waals surface area (Å²) in [7, 11) is 0. The molecule has 3 aromatic rings. The number of aromatic amines is 1. The minimum Gasteiger partial charge on any atom is -0.478 e. The number of nitrogens with zero attached hydrogens (tertiary/aromatic N) is 2. The van der Waals surface area contributed by atoms with E-state index in [1.54, 1.807) is 24.4 Å². The Hall–Kier alpha value is -2.86. The Balaban J connectivity index is 2.25. The monoisotopic (exact) mass is 356 g/mol. The number of nitrogens with one attached hydrogen (secondary N) is 1. The van der Waals surface area contributed by atoms with Crippen LogP contribution in [0.15, 0.2) is 30.5 Å². The number of rotatable bonds is 4. The summed E-state index contributed by atoms with van der Waals surface area (Å²) in [6, 6.07) is 7.03. The van der Waals surface area contributed by atoms with Gasteiger partial charge in [-0.25, -0.2) is 14.8 Å². The summed E-state index contributed by atoms with van der Waals surface area (Å²) in [5, 5.41) is 10.2. The van der Waals surface area contributed by atoms with Gasteiger partial charge in [-0.3, -0.25) is 0 Å². The standard InChI is InChI=1S/C18H17ClN4O2/c1-3-10-4-5-11(19)6-12(10)16-13(17(24)25)7-14(22-16)15-9(2)8-21-18(20)23-15/h4-8,22H,3H2,1-2H3,(H,24,25)(H2,20,21,23). The summed E-state index contributed by atoms with van der Waals surface area (Å²) in [5.74, 6) is -0.898. The number of carboxylic acid groups (broad SMARTS) is 1. The SMILES string of the molecule is CCc1ccc(Cl)cc1-c1[nH]c(-c2nc(N)ncc2C)cc1C(=O)O. The summed E-state index contributed by atoms with van der Waals surface area (Å²) in [6.45, 7) is 3.85. The zero-order valence-corrected chi connectivity index (χ0v) is 14.6. The second-order valence-corrected chi connectivity index (χ2v) is 6.13. The predicted octanol–water partition coefficient (Wildman–Crippen LogP) is 3.94. The number of carboxylic acids is 1. The number of halogens is 1. The highest BCUT2D eigenvalue weighted by atomic mass is 35.5. The molecule has 6 nitrogen and oxygen atoms in total. The van der Waals surface area contributed by atoms with Crippen LogP contribution in [-0.4, -0.2) is 26.0 Å². The lowest BCUT2D eigenvalue weighted by Gasteiger charge is -2.08. The van der Waals surface area contributed by atoms with E-state index in [0.717, 1.165) is 23.1 Å². The van der Waals surface area contributed by atoms with E-state index in [0.29, 0.717) is 22.1 Å². The molecule has 3 rings (SSSR count). The van der Waals surface area contributed by atoms with E-state index in [4.69, 9.17) is 17.3 Å². The summed E-state index contributed by atoms with van der Waals surface area (Å²) in [4.78, 5) is 23.1. The maximum Gasteiger partial charge on any atom is 0.337 e. The number of hydrogen-bond donors (Lipinski definition) is 3. The summed E-state index contributed by atoms with van der Waals surface area (Å²) < 4.78 is 0. The van der Waals surface area contributed by atoms with Crippen molar-refractivity contribution >= 4 is 23.5 Å². The lowest BCUT2D eigenvalue weighted by Crippen LogP contribution is -1.98. The zero-order valence-electron chi connectivity index (χ0n) is 13.8. The predicted molar refractivity (Wildman–Crippen MR) is 97.8 cm³/mol. The molecule has 0 spiro atoms. The number of aromatic carboxylic acids is 1. The molecular formula is C18H17ClN4O2. The van der Waals surface area contributed by atoms with Gasteiger partial charge >= 0.3 is 5.97 Å². The summed E-state index contributed by atoms with van der Waals surface area (Å²) in [6.07, 6.45) is 2.36. The van der Waals surface area contributed by atoms with Gasteiger partial charge in [-0.05, 0) is 42.7 Å². The van der Waals surface area contributed by atoms with Crippen LogP contribution in [0, 0.1) is 6.92 Å². The molecule has 1 aromatic carbocycles. The summed E-state index contributed by atoms with van der Waals surface area (Å²) >= 11 is 6.13. The Kier molecular flexibility index (Phi) is 4.46. The molecule has 0 bridgehead atoms. The molecule has 0 saturated carbocycles. The van der Waals surface area contributed by atoms with Crippen LogP contribution in [0.2, 0.25) is 5.02 Å². The van der Waals surface area contributed by atoms with Crippen LogP contribution in [-0.2, 0) is 6.42 Å². The van der Waals surface area contributed by atoms with E-state index in [9.17, 15) is 9.90 Å². The van der Waals surface area contributed by atoms with Crippen molar-refractivity contribution in [2.45, 2.75) is 20.3 Å². The number of nitrogens with two attached hydrogens (primary N) is 1. The molecule has 0 atom stereocenters. The van der Waals surface area contributed by atoms with Crippen molar-refractivity contribution in [1.82, 2.24) is 15.0 Å². The third kappa shape index (κ3) is 3.21. The van der Waals surface area contributed by atoms with E-state index in [1.165, 1.54) is 0 Å². The van der Waals surface area contributed by atoms with Crippen LogP contribution in [0.4, 0.5) is 5.95 Å². The normalized spacial score (nSPS) is 10.8. The quantitative estimate of drug-likeness (QED) is 0.656. The van der Waals surface area contributed by atoms with Crippen LogP contribution >= 0.6 is 11.6 Å². The second-order valence-electron chi connectivity index (χ2n) is 5.69. The first-order valence-electron chi connectivity index (χ1n) is 7.75. The van der Waals surface area contributed by atoms with Crippen LogP contribution in [0.25, 0.3) is 22.6 Å². The maximum absolute atomic E-state index is 11.8.